The summed E-state index contributed by atoms with van der Waals surface area (Å²) in [6.07, 6.45) is 0. The highest BCUT2D eigenvalue weighted by Gasteiger charge is 2.21. The van der Waals surface area contributed by atoms with Crippen LogP contribution in [0.15, 0.2) is 206 Å². The number of benzene rings is 9. The molecular weight excluding hydrogens is 831 g/mol. The summed E-state index contributed by atoms with van der Waals surface area (Å²) in [6.45, 7) is 10.4. The third kappa shape index (κ3) is 6.34. The fraction of sp³-hybridized carbons (Fsp3) is 0.0820. The first kappa shape index (κ1) is 40.8. The van der Waals surface area contributed by atoms with Crippen molar-refractivity contribution in [3.8, 4) is 22.7 Å². The minimum atomic E-state index is 0.883. The van der Waals surface area contributed by atoms with Crippen LogP contribution in [-0.4, -0.2) is 32.6 Å². The zero-order chi connectivity index (χ0) is 46.0. The van der Waals surface area contributed by atoms with Crippen molar-refractivity contribution in [3.63, 3.8) is 0 Å². The molecule has 0 atom stereocenters. The summed E-state index contributed by atoms with van der Waals surface area (Å²) >= 11 is 0. The molecule has 0 spiro atoms. The molecule has 7 heteroatoms. The van der Waals surface area contributed by atoms with E-state index in [0.29, 0.717) is 0 Å². The molecule has 5 aromatic heterocycles. The fourth-order valence-corrected chi connectivity index (χ4v) is 10.4. The number of hydrogen-bond acceptors (Lipinski definition) is 2. The van der Waals surface area contributed by atoms with Gasteiger partial charge in [-0.3, -0.25) is 13.5 Å². The summed E-state index contributed by atoms with van der Waals surface area (Å²) in [5.74, 6) is 1.85. The van der Waals surface area contributed by atoms with Gasteiger partial charge in [0.2, 0.25) is 5.78 Å². The van der Waals surface area contributed by atoms with Gasteiger partial charge >= 0.3 is 0 Å². The third-order valence-corrected chi connectivity index (χ3v) is 13.3. The maximum Gasteiger partial charge on any atom is 0.220 e. The van der Waals surface area contributed by atoms with E-state index in [0.717, 1.165) is 61.8 Å². The van der Waals surface area contributed by atoms with E-state index in [1.165, 1.54) is 60.4 Å². The first-order valence-corrected chi connectivity index (χ1v) is 23.5. The molecule has 0 unspecified atom stereocenters. The van der Waals surface area contributed by atoms with Crippen LogP contribution in [0.25, 0.3) is 105 Å². The highest BCUT2D eigenvalue weighted by molar-refractivity contribution is 6.11. The lowest BCUT2D eigenvalue weighted by molar-refractivity contribution is 0.990. The summed E-state index contributed by atoms with van der Waals surface area (Å²) < 4.78 is 11.5. The smallest absolute Gasteiger partial charge is 0.220 e. The van der Waals surface area contributed by atoms with Gasteiger partial charge in [0.05, 0.1) is 60.9 Å². The largest absolute Gasteiger partial charge is 0.309 e. The molecule has 9 aromatic carbocycles. The van der Waals surface area contributed by atoms with E-state index in [9.17, 15) is 0 Å². The Morgan fingerprint density at radius 3 is 1.49 bits per heavy atom. The van der Waals surface area contributed by atoms with Gasteiger partial charge in [0.1, 0.15) is 5.82 Å². The van der Waals surface area contributed by atoms with E-state index < -0.39 is 0 Å². The van der Waals surface area contributed by atoms with Gasteiger partial charge in [-0.25, -0.2) is 9.97 Å². The quantitative estimate of drug-likeness (QED) is 0.177. The number of rotatable bonds is 4. The summed E-state index contributed by atoms with van der Waals surface area (Å²) in [5.41, 5.74) is 18.2. The Morgan fingerprint density at radius 1 is 0.324 bits per heavy atom. The second-order valence-corrected chi connectivity index (χ2v) is 17.3. The molecule has 7 nitrogen and oxygen atoms in total. The van der Waals surface area contributed by atoms with E-state index in [2.05, 4.69) is 250 Å². The number of para-hydroxylation sites is 7. The molecule has 0 radical (unpaired) electrons. The van der Waals surface area contributed by atoms with Crippen LogP contribution in [-0.2, 0) is 0 Å². The first-order chi connectivity index (χ1) is 33.5. The molecule has 68 heavy (non-hydrogen) atoms. The van der Waals surface area contributed by atoms with Gasteiger partial charge in [-0.2, -0.15) is 0 Å². The standard InChI is InChI=1S/C40H28N6.C19H15N.C2H6/c1-25-12-6-8-16-33(25)43-26(2)41-31-23-32-39(24-38(31)43)46-37-19-11-10-18-36(37)45(40(46)42-32)28-20-21-35-30(22-28)29-15-7-9-17-34(29)44(35)27-13-4-3-5-14-27;1-14-11-12-19-17(13-14)16-9-5-6-10-18(16)20(19)15-7-3-2-4-8-15;1-2/h3-24H,1-2H3;2-13H,1H3;1-2H3. The van der Waals surface area contributed by atoms with Crippen molar-refractivity contribution in [2.75, 3.05) is 0 Å². The molecule has 0 fully saturated rings. The van der Waals surface area contributed by atoms with Gasteiger partial charge in [-0.1, -0.05) is 129 Å². The number of nitrogens with zero attached hydrogens (tertiary/aromatic N) is 7. The third-order valence-electron chi connectivity index (χ3n) is 13.3. The van der Waals surface area contributed by atoms with Crippen molar-refractivity contribution in [2.45, 2.75) is 34.6 Å². The topological polar surface area (TPSA) is 49.9 Å². The second-order valence-electron chi connectivity index (χ2n) is 17.3. The van der Waals surface area contributed by atoms with Gasteiger partial charge in [-0.05, 0) is 123 Å². The van der Waals surface area contributed by atoms with Crippen LogP contribution in [0.2, 0.25) is 0 Å². The normalized spacial score (nSPS) is 11.6. The second kappa shape index (κ2) is 16.3. The van der Waals surface area contributed by atoms with Crippen molar-refractivity contribution in [1.29, 1.82) is 0 Å². The van der Waals surface area contributed by atoms with E-state index in [1.54, 1.807) is 0 Å². The summed E-state index contributed by atoms with van der Waals surface area (Å²) in [4.78, 5) is 10.2. The van der Waals surface area contributed by atoms with Crippen molar-refractivity contribution in [1.82, 2.24) is 32.6 Å². The van der Waals surface area contributed by atoms with Crippen LogP contribution >= 0.6 is 0 Å². The highest BCUT2D eigenvalue weighted by atomic mass is 15.2. The molecule has 0 aliphatic heterocycles. The Labute approximate surface area is 394 Å². The minimum Gasteiger partial charge on any atom is -0.309 e. The van der Waals surface area contributed by atoms with Crippen molar-refractivity contribution >= 4 is 82.5 Å². The lowest BCUT2D eigenvalue weighted by atomic mass is 10.1. The predicted molar refractivity (Wildman–Crippen MR) is 285 cm³/mol. The van der Waals surface area contributed by atoms with E-state index in [1.807, 2.05) is 13.8 Å². The van der Waals surface area contributed by atoms with E-state index >= 15 is 0 Å². The molecule has 0 amide bonds. The molecule has 0 saturated heterocycles. The zero-order valence-corrected chi connectivity index (χ0v) is 38.8. The number of hydrogen-bond donors (Lipinski definition) is 0. The molecule has 0 aliphatic carbocycles. The van der Waals surface area contributed by atoms with Crippen LogP contribution in [0, 0.1) is 20.8 Å². The number of aryl methyl sites for hydroxylation is 3. The van der Waals surface area contributed by atoms with E-state index in [4.69, 9.17) is 9.97 Å². The molecular formula is C61H49N7. The van der Waals surface area contributed by atoms with Gasteiger partial charge in [0, 0.05) is 38.6 Å². The van der Waals surface area contributed by atoms with E-state index in [-0.39, 0.29) is 0 Å². The summed E-state index contributed by atoms with van der Waals surface area (Å²) in [5, 5.41) is 5.08. The predicted octanol–water partition coefficient (Wildman–Crippen LogP) is 15.6. The SMILES string of the molecule is CC.Cc1ccc2c(c1)c1ccccc1n2-c1ccccc1.Cc1ccccc1-n1c(C)nc2cc3nc4n(-c5ccc6c(c5)c5ccccc5n6-c5ccccc5)c5ccccc5n4c3cc21. The average molecular weight is 880 g/mol. The van der Waals surface area contributed by atoms with Crippen LogP contribution in [0.4, 0.5) is 0 Å². The Kier molecular flexibility index (Phi) is 9.80. The monoisotopic (exact) mass is 879 g/mol. The fourth-order valence-electron chi connectivity index (χ4n) is 10.4. The van der Waals surface area contributed by atoms with Crippen LogP contribution in [0.3, 0.4) is 0 Å². The Hall–Kier alpha value is -8.68. The maximum absolute atomic E-state index is 5.27. The zero-order valence-electron chi connectivity index (χ0n) is 38.8. The number of imidazole rings is 3. The van der Waals surface area contributed by atoms with Gasteiger partial charge in [0.25, 0.3) is 0 Å². The lowest BCUT2D eigenvalue weighted by Crippen LogP contribution is -1.99. The molecule has 0 bridgehead atoms. The van der Waals surface area contributed by atoms with Gasteiger partial charge in [-0.15, -0.1) is 0 Å². The molecule has 14 rings (SSSR count). The summed E-state index contributed by atoms with van der Waals surface area (Å²) in [6, 6.07) is 73.3. The first-order valence-electron chi connectivity index (χ1n) is 23.5. The Morgan fingerprint density at radius 2 is 0.838 bits per heavy atom. The molecule has 0 aliphatic rings. The van der Waals surface area contributed by atoms with Gasteiger partial charge < -0.3 is 9.13 Å². The molecule has 0 saturated carbocycles. The Balaban J connectivity index is 0.000000182. The summed E-state index contributed by atoms with van der Waals surface area (Å²) in [7, 11) is 0. The molecule has 14 aromatic rings. The maximum atomic E-state index is 5.27. The highest BCUT2D eigenvalue weighted by Crippen LogP contribution is 2.37. The van der Waals surface area contributed by atoms with Gasteiger partial charge in [0.15, 0.2) is 0 Å². The average Bonchev–Trinajstić information content (AvgIpc) is 4.17. The van der Waals surface area contributed by atoms with Crippen LogP contribution in [0.5, 0.6) is 0 Å². The number of aromatic nitrogens is 7. The van der Waals surface area contributed by atoms with Crippen molar-refractivity contribution in [2.24, 2.45) is 0 Å². The Bertz CT molecular complexity index is 4200. The number of fused-ring (bicyclic) bond motifs is 12. The van der Waals surface area contributed by atoms with Crippen molar-refractivity contribution < 1.29 is 0 Å². The van der Waals surface area contributed by atoms with Crippen LogP contribution in [0.1, 0.15) is 30.8 Å². The molecule has 328 valence electrons. The molecule has 0 N–H and O–H groups in total. The minimum absolute atomic E-state index is 0.883. The van der Waals surface area contributed by atoms with Crippen LogP contribution < -0.4 is 0 Å². The lowest BCUT2D eigenvalue weighted by Gasteiger charge is -2.10. The van der Waals surface area contributed by atoms with Crippen molar-refractivity contribution in [3.05, 3.63) is 223 Å². The molecule has 5 heterocycles.